The van der Waals surface area contributed by atoms with Crippen molar-refractivity contribution in [1.29, 1.82) is 0 Å². The van der Waals surface area contributed by atoms with Gasteiger partial charge in [-0.05, 0) is 44.7 Å². The third-order valence-electron chi connectivity index (χ3n) is 3.61. The highest BCUT2D eigenvalue weighted by Crippen LogP contribution is 2.27. The maximum absolute atomic E-state index is 12.1. The van der Waals surface area contributed by atoms with Crippen LogP contribution in [0.2, 0.25) is 0 Å². The Kier molecular flexibility index (Phi) is 2.78. The van der Waals surface area contributed by atoms with E-state index >= 15 is 0 Å². The van der Waals surface area contributed by atoms with Gasteiger partial charge in [0.1, 0.15) is 4.83 Å². The third-order valence-corrected chi connectivity index (χ3v) is 4.63. The van der Waals surface area contributed by atoms with Crippen molar-refractivity contribution in [2.24, 2.45) is 0 Å². The van der Waals surface area contributed by atoms with E-state index in [2.05, 4.69) is 15.5 Å². The monoisotopic (exact) mass is 261 g/mol. The van der Waals surface area contributed by atoms with E-state index in [9.17, 15) is 4.79 Å². The van der Waals surface area contributed by atoms with Crippen molar-refractivity contribution in [3.63, 3.8) is 0 Å². The molecule has 1 aliphatic rings. The summed E-state index contributed by atoms with van der Waals surface area (Å²) in [5, 5.41) is 12.3. The zero-order valence-corrected chi connectivity index (χ0v) is 11.3. The number of thiophene rings is 1. The average Bonchev–Trinajstić information content (AvgIpc) is 2.73. The molecule has 0 spiro atoms. The summed E-state index contributed by atoms with van der Waals surface area (Å²) in [7, 11) is 0. The van der Waals surface area contributed by atoms with Gasteiger partial charge in [0.15, 0.2) is 0 Å². The lowest BCUT2D eigenvalue weighted by atomic mass is 9.93. The van der Waals surface area contributed by atoms with Crippen molar-refractivity contribution in [1.82, 2.24) is 15.5 Å². The number of carbonyl (C=O) groups is 1. The number of nitrogens with one attached hydrogen (secondary N) is 1. The number of hydrogen-bond acceptors (Lipinski definition) is 4. The van der Waals surface area contributed by atoms with E-state index in [0.29, 0.717) is 6.04 Å². The first-order chi connectivity index (χ1) is 8.65. The van der Waals surface area contributed by atoms with E-state index in [0.717, 1.165) is 39.2 Å². The van der Waals surface area contributed by atoms with Gasteiger partial charge in [-0.1, -0.05) is 0 Å². The van der Waals surface area contributed by atoms with Crippen molar-refractivity contribution in [3.8, 4) is 0 Å². The number of amides is 1. The molecule has 5 heteroatoms. The van der Waals surface area contributed by atoms with Crippen LogP contribution in [0.25, 0.3) is 10.2 Å². The zero-order valence-electron chi connectivity index (χ0n) is 10.5. The molecular formula is C13H15N3OS. The number of nitrogens with zero attached hydrogens (tertiary/aromatic N) is 2. The molecule has 0 aliphatic heterocycles. The van der Waals surface area contributed by atoms with Crippen LogP contribution in [0.3, 0.4) is 0 Å². The minimum absolute atomic E-state index is 0.0275. The Morgan fingerprint density at radius 3 is 2.83 bits per heavy atom. The molecule has 18 heavy (non-hydrogen) atoms. The molecule has 1 amide bonds. The molecule has 0 atom stereocenters. The molecular weight excluding hydrogens is 246 g/mol. The van der Waals surface area contributed by atoms with E-state index in [1.165, 1.54) is 17.8 Å². The normalized spacial score (nSPS) is 15.7. The van der Waals surface area contributed by atoms with Crippen LogP contribution in [0, 0.1) is 13.8 Å². The molecule has 0 unspecified atom stereocenters. The minimum Gasteiger partial charge on any atom is -0.349 e. The van der Waals surface area contributed by atoms with Crippen LogP contribution < -0.4 is 5.32 Å². The van der Waals surface area contributed by atoms with Crippen LogP contribution in [-0.2, 0) is 0 Å². The van der Waals surface area contributed by atoms with Crippen molar-refractivity contribution in [3.05, 3.63) is 22.2 Å². The number of rotatable bonds is 2. The Hall–Kier alpha value is -1.49. The molecule has 0 saturated heterocycles. The Labute approximate surface area is 109 Å². The molecule has 2 aromatic heterocycles. The van der Waals surface area contributed by atoms with Crippen molar-refractivity contribution < 1.29 is 4.79 Å². The molecule has 1 saturated carbocycles. The van der Waals surface area contributed by atoms with Gasteiger partial charge in [-0.15, -0.1) is 16.4 Å². The fourth-order valence-corrected chi connectivity index (χ4v) is 2.98. The van der Waals surface area contributed by atoms with Gasteiger partial charge in [-0.3, -0.25) is 4.79 Å². The summed E-state index contributed by atoms with van der Waals surface area (Å²) in [6.07, 6.45) is 3.43. The van der Waals surface area contributed by atoms with Gasteiger partial charge in [-0.25, -0.2) is 0 Å². The average molecular weight is 261 g/mol. The lowest BCUT2D eigenvalue weighted by Gasteiger charge is -2.25. The molecule has 1 fully saturated rings. The molecule has 3 rings (SSSR count). The highest BCUT2D eigenvalue weighted by atomic mass is 32.1. The second-order valence-corrected chi connectivity index (χ2v) is 5.87. The first-order valence-corrected chi connectivity index (χ1v) is 7.01. The summed E-state index contributed by atoms with van der Waals surface area (Å²) in [5.74, 6) is 0.0275. The summed E-state index contributed by atoms with van der Waals surface area (Å²) in [6, 6.07) is 2.31. The van der Waals surface area contributed by atoms with Gasteiger partial charge in [0.25, 0.3) is 5.91 Å². The van der Waals surface area contributed by atoms with Crippen molar-refractivity contribution in [2.45, 2.75) is 39.2 Å². The van der Waals surface area contributed by atoms with E-state index < -0.39 is 0 Å². The van der Waals surface area contributed by atoms with Crippen molar-refractivity contribution >= 4 is 27.5 Å². The van der Waals surface area contributed by atoms with E-state index in [1.54, 1.807) is 0 Å². The molecule has 0 bridgehead atoms. The van der Waals surface area contributed by atoms with Crippen LogP contribution in [0.5, 0.6) is 0 Å². The highest BCUT2D eigenvalue weighted by Gasteiger charge is 2.21. The second kappa shape index (κ2) is 4.31. The van der Waals surface area contributed by atoms with Gasteiger partial charge in [0.2, 0.25) is 0 Å². The standard InChI is InChI=1S/C13H15N3OS/c1-7-8(2)15-16-13-10(7)6-11(18-13)12(17)14-9-4-3-5-9/h6,9H,3-5H2,1-2H3,(H,14,17). The lowest BCUT2D eigenvalue weighted by molar-refractivity contribution is 0.0921. The van der Waals surface area contributed by atoms with Gasteiger partial charge >= 0.3 is 0 Å². The minimum atomic E-state index is 0.0275. The summed E-state index contributed by atoms with van der Waals surface area (Å²) < 4.78 is 0. The summed E-state index contributed by atoms with van der Waals surface area (Å²) in [6.45, 7) is 3.96. The van der Waals surface area contributed by atoms with Gasteiger partial charge in [0.05, 0.1) is 10.6 Å². The molecule has 0 radical (unpaired) electrons. The maximum Gasteiger partial charge on any atom is 0.261 e. The third kappa shape index (κ3) is 1.88. The molecule has 94 valence electrons. The van der Waals surface area contributed by atoms with Crippen LogP contribution in [0.1, 0.15) is 40.2 Å². The van der Waals surface area contributed by atoms with Crippen LogP contribution in [0.4, 0.5) is 0 Å². The smallest absolute Gasteiger partial charge is 0.261 e. The molecule has 1 aliphatic carbocycles. The Morgan fingerprint density at radius 2 is 2.17 bits per heavy atom. The number of carbonyl (C=O) groups excluding carboxylic acids is 1. The molecule has 4 nitrogen and oxygen atoms in total. The first-order valence-electron chi connectivity index (χ1n) is 6.19. The molecule has 2 aromatic rings. The molecule has 0 aromatic carbocycles. The van der Waals surface area contributed by atoms with Crippen molar-refractivity contribution in [2.75, 3.05) is 0 Å². The van der Waals surface area contributed by atoms with Gasteiger partial charge in [0, 0.05) is 11.4 Å². The number of aryl methyl sites for hydroxylation is 2. The summed E-state index contributed by atoms with van der Waals surface area (Å²) >= 11 is 1.42. The number of hydrogen-bond donors (Lipinski definition) is 1. The summed E-state index contributed by atoms with van der Waals surface area (Å²) in [4.78, 5) is 13.6. The van der Waals surface area contributed by atoms with Crippen LogP contribution in [0.15, 0.2) is 6.07 Å². The van der Waals surface area contributed by atoms with E-state index in [4.69, 9.17) is 0 Å². The Balaban J connectivity index is 1.92. The molecule has 1 N–H and O–H groups in total. The highest BCUT2D eigenvalue weighted by molar-refractivity contribution is 7.20. The fourth-order valence-electron chi connectivity index (χ4n) is 2.04. The quantitative estimate of drug-likeness (QED) is 0.904. The SMILES string of the molecule is Cc1nnc2sc(C(=O)NC3CCC3)cc2c1C. The first kappa shape index (κ1) is 11.6. The van der Waals surface area contributed by atoms with Crippen LogP contribution in [-0.4, -0.2) is 22.1 Å². The van der Waals surface area contributed by atoms with Gasteiger partial charge < -0.3 is 5.32 Å². The lowest BCUT2D eigenvalue weighted by Crippen LogP contribution is -2.39. The summed E-state index contributed by atoms with van der Waals surface area (Å²) in [5.41, 5.74) is 2.03. The van der Waals surface area contributed by atoms with E-state index in [-0.39, 0.29) is 5.91 Å². The maximum atomic E-state index is 12.1. The van der Waals surface area contributed by atoms with Gasteiger partial charge in [-0.2, -0.15) is 5.10 Å². The molecule has 2 heterocycles. The fraction of sp³-hybridized carbons (Fsp3) is 0.462. The van der Waals surface area contributed by atoms with E-state index in [1.807, 2.05) is 19.9 Å². The van der Waals surface area contributed by atoms with Crippen LogP contribution >= 0.6 is 11.3 Å². The largest absolute Gasteiger partial charge is 0.349 e. The zero-order chi connectivity index (χ0) is 12.7. The Morgan fingerprint density at radius 1 is 1.39 bits per heavy atom. The Bertz CT molecular complexity index is 616. The predicted octanol–water partition coefficient (Wildman–Crippen LogP) is 2.59. The predicted molar refractivity (Wildman–Crippen MR) is 72.0 cm³/mol. The topological polar surface area (TPSA) is 54.9 Å². The number of aromatic nitrogens is 2. The second-order valence-electron chi connectivity index (χ2n) is 4.84. The number of fused-ring (bicyclic) bond motifs is 1.